The highest BCUT2D eigenvalue weighted by Crippen LogP contribution is 2.30. The Morgan fingerprint density at radius 3 is 2.65 bits per heavy atom. The van der Waals surface area contributed by atoms with E-state index >= 15 is 0 Å². The fourth-order valence-corrected chi connectivity index (χ4v) is 2.30. The van der Waals surface area contributed by atoms with E-state index in [2.05, 4.69) is 25.3 Å². The van der Waals surface area contributed by atoms with E-state index in [4.69, 9.17) is 15.0 Å². The molecule has 0 fully saturated rings. The number of carbonyl (C=O) groups excluding carboxylic acids is 1. The average molecular weight is 356 g/mol. The molecule has 0 saturated heterocycles. The van der Waals surface area contributed by atoms with Gasteiger partial charge in [-0.05, 0) is 30.9 Å². The minimum absolute atomic E-state index is 0.00450. The molecule has 2 rings (SSSR count). The van der Waals surface area contributed by atoms with Gasteiger partial charge in [0.25, 0.3) is 0 Å². The Bertz CT molecular complexity index is 791. The molecule has 1 heterocycles. The Kier molecular flexibility index (Phi) is 7.35. The van der Waals surface area contributed by atoms with Crippen molar-refractivity contribution in [1.29, 1.82) is 0 Å². The van der Waals surface area contributed by atoms with Gasteiger partial charge in [0.2, 0.25) is 5.95 Å². The number of nitrogens with one attached hydrogen (secondary N) is 1. The van der Waals surface area contributed by atoms with Crippen LogP contribution in [0.2, 0.25) is 0 Å². The van der Waals surface area contributed by atoms with Gasteiger partial charge in [-0.15, -0.1) is 0 Å². The van der Waals surface area contributed by atoms with Crippen LogP contribution >= 0.6 is 0 Å². The van der Waals surface area contributed by atoms with E-state index in [1.54, 1.807) is 6.92 Å². The van der Waals surface area contributed by atoms with Crippen molar-refractivity contribution in [2.75, 3.05) is 25.1 Å². The molecule has 1 N–H and O–H groups in total. The smallest absolute Gasteiger partial charge is 0.414 e. The Morgan fingerprint density at radius 2 is 2.00 bits per heavy atom. The Morgan fingerprint density at radius 1 is 1.23 bits per heavy atom. The summed E-state index contributed by atoms with van der Waals surface area (Å²) in [7, 11) is 0. The van der Waals surface area contributed by atoms with E-state index in [1.807, 2.05) is 37.3 Å². The maximum atomic E-state index is 11.7. The number of carbonyl (C=O) groups is 1. The van der Waals surface area contributed by atoms with E-state index in [9.17, 15) is 4.79 Å². The van der Waals surface area contributed by atoms with Crippen molar-refractivity contribution < 1.29 is 14.3 Å². The van der Waals surface area contributed by atoms with Gasteiger partial charge in [-0.1, -0.05) is 30.3 Å². The molecule has 9 heteroatoms. The van der Waals surface area contributed by atoms with Gasteiger partial charge in [0.1, 0.15) is 5.82 Å². The predicted octanol–water partition coefficient (Wildman–Crippen LogP) is 4.23. The van der Waals surface area contributed by atoms with Gasteiger partial charge in [-0.2, -0.15) is 0 Å². The molecule has 9 nitrogen and oxygen atoms in total. The van der Waals surface area contributed by atoms with Crippen LogP contribution in [0.15, 0.2) is 35.4 Å². The van der Waals surface area contributed by atoms with Crippen LogP contribution in [-0.4, -0.2) is 35.9 Å². The number of ether oxygens (including phenoxy) is 2. The molecule has 0 spiro atoms. The number of hydrogen-bond acceptors (Lipinski definition) is 6. The topological polar surface area (TPSA) is 122 Å². The number of azide groups is 1. The molecule has 0 atom stereocenters. The van der Waals surface area contributed by atoms with Crippen molar-refractivity contribution in [3.8, 4) is 11.3 Å². The highest BCUT2D eigenvalue weighted by molar-refractivity contribution is 5.83. The maximum absolute atomic E-state index is 11.7. The van der Waals surface area contributed by atoms with E-state index < -0.39 is 6.09 Å². The number of benzene rings is 1. The molecule has 2 aromatic rings. The minimum atomic E-state index is -0.680. The lowest BCUT2D eigenvalue weighted by Gasteiger charge is -2.14. The second-order valence-electron chi connectivity index (χ2n) is 5.05. The second kappa shape index (κ2) is 9.97. The van der Waals surface area contributed by atoms with Crippen molar-refractivity contribution in [2.45, 2.75) is 20.3 Å². The van der Waals surface area contributed by atoms with Gasteiger partial charge in [0.15, 0.2) is 0 Å². The third-order valence-electron chi connectivity index (χ3n) is 3.36. The van der Waals surface area contributed by atoms with Crippen LogP contribution in [0, 0.1) is 0 Å². The number of anilines is 1. The number of aromatic nitrogens is 2. The first-order valence-corrected chi connectivity index (χ1v) is 8.22. The van der Waals surface area contributed by atoms with E-state index in [1.165, 1.54) is 0 Å². The first-order valence-electron chi connectivity index (χ1n) is 8.22. The monoisotopic (exact) mass is 356 g/mol. The van der Waals surface area contributed by atoms with Crippen molar-refractivity contribution in [3.63, 3.8) is 0 Å². The lowest BCUT2D eigenvalue weighted by molar-refractivity contribution is 0.151. The third kappa shape index (κ3) is 5.17. The number of nitrogens with zero attached hydrogens (tertiary/aromatic N) is 5. The van der Waals surface area contributed by atoms with E-state index in [0.717, 1.165) is 5.56 Å². The van der Waals surface area contributed by atoms with Crippen molar-refractivity contribution in [1.82, 2.24) is 9.97 Å². The number of amides is 1. The number of hydrogen-bond donors (Lipinski definition) is 1. The van der Waals surface area contributed by atoms with Crippen LogP contribution in [0.3, 0.4) is 0 Å². The number of rotatable bonds is 8. The highest BCUT2D eigenvalue weighted by atomic mass is 16.5. The predicted molar refractivity (Wildman–Crippen MR) is 97.1 cm³/mol. The molecule has 0 aliphatic heterocycles. The fourth-order valence-electron chi connectivity index (χ4n) is 2.30. The van der Waals surface area contributed by atoms with Crippen molar-refractivity contribution >= 4 is 17.9 Å². The normalized spacial score (nSPS) is 10.1. The summed E-state index contributed by atoms with van der Waals surface area (Å²) < 4.78 is 10.3. The standard InChI is InChI=1S/C17H20N6O3/c1-3-25-11-10-13-14(12-8-6-5-7-9-12)19-16(20-15(13)22-23-18)21-17(24)26-4-2/h5-9H,3-4,10-11H2,1-2H3,(H,19,20,21,24). The summed E-state index contributed by atoms with van der Waals surface area (Å²) >= 11 is 0. The molecular formula is C17H20N6O3. The lowest BCUT2D eigenvalue weighted by atomic mass is 10.0. The highest BCUT2D eigenvalue weighted by Gasteiger charge is 2.16. The van der Waals surface area contributed by atoms with Crippen LogP contribution in [0.1, 0.15) is 19.4 Å². The van der Waals surface area contributed by atoms with Gasteiger partial charge < -0.3 is 9.47 Å². The molecule has 1 aromatic carbocycles. The molecule has 0 saturated carbocycles. The fraction of sp³-hybridized carbons (Fsp3) is 0.353. The van der Waals surface area contributed by atoms with Crippen LogP contribution < -0.4 is 5.32 Å². The summed E-state index contributed by atoms with van der Waals surface area (Å²) in [5.41, 5.74) is 10.9. The van der Waals surface area contributed by atoms with Gasteiger partial charge in [-0.25, -0.2) is 14.8 Å². The summed E-state index contributed by atoms with van der Waals surface area (Å²) in [6, 6.07) is 9.38. The third-order valence-corrected chi connectivity index (χ3v) is 3.36. The summed E-state index contributed by atoms with van der Waals surface area (Å²) in [6.45, 7) is 4.81. The summed E-state index contributed by atoms with van der Waals surface area (Å²) in [5, 5.41) is 6.12. The Balaban J connectivity index is 2.52. The van der Waals surface area contributed by atoms with Gasteiger partial charge in [0, 0.05) is 22.6 Å². The summed E-state index contributed by atoms with van der Waals surface area (Å²) in [4.78, 5) is 23.1. The van der Waals surface area contributed by atoms with Crippen molar-refractivity contribution in [2.24, 2.45) is 5.11 Å². The molecule has 1 aromatic heterocycles. The van der Waals surface area contributed by atoms with E-state index in [-0.39, 0.29) is 18.4 Å². The quantitative estimate of drug-likeness (QED) is 0.328. The zero-order valence-electron chi connectivity index (χ0n) is 14.7. The lowest BCUT2D eigenvalue weighted by Crippen LogP contribution is -2.16. The molecular weight excluding hydrogens is 336 g/mol. The second-order valence-corrected chi connectivity index (χ2v) is 5.05. The summed E-state index contributed by atoms with van der Waals surface area (Å²) in [5.74, 6) is 0.151. The van der Waals surface area contributed by atoms with Crippen LogP contribution in [0.4, 0.5) is 16.6 Å². The zero-order valence-corrected chi connectivity index (χ0v) is 14.7. The molecule has 0 bridgehead atoms. The van der Waals surface area contributed by atoms with Crippen LogP contribution in [0.5, 0.6) is 0 Å². The van der Waals surface area contributed by atoms with Gasteiger partial charge in [-0.3, -0.25) is 5.32 Å². The van der Waals surface area contributed by atoms with Gasteiger partial charge >= 0.3 is 6.09 Å². The molecule has 0 radical (unpaired) electrons. The van der Waals surface area contributed by atoms with E-state index in [0.29, 0.717) is 30.9 Å². The first-order chi connectivity index (χ1) is 12.7. The van der Waals surface area contributed by atoms with Crippen LogP contribution in [-0.2, 0) is 15.9 Å². The Hall–Kier alpha value is -3.16. The van der Waals surface area contributed by atoms with Gasteiger partial charge in [0.05, 0.1) is 18.9 Å². The molecule has 1 amide bonds. The Labute approximate surface area is 151 Å². The largest absolute Gasteiger partial charge is 0.450 e. The minimum Gasteiger partial charge on any atom is -0.450 e. The SMILES string of the molecule is CCOCCc1c(N=[N+]=[N-])nc(NC(=O)OCC)nc1-c1ccccc1. The molecule has 0 aliphatic rings. The summed E-state index contributed by atoms with van der Waals surface area (Å²) in [6.07, 6.45) is -0.216. The molecule has 0 unspecified atom stereocenters. The van der Waals surface area contributed by atoms with Crippen molar-refractivity contribution in [3.05, 3.63) is 46.3 Å². The maximum Gasteiger partial charge on any atom is 0.414 e. The zero-order chi connectivity index (χ0) is 18.8. The molecule has 136 valence electrons. The molecule has 26 heavy (non-hydrogen) atoms. The first kappa shape index (κ1) is 19.2. The molecule has 0 aliphatic carbocycles. The average Bonchev–Trinajstić information content (AvgIpc) is 2.64. The van der Waals surface area contributed by atoms with Crippen LogP contribution in [0.25, 0.3) is 21.7 Å².